The molecule has 0 aliphatic rings. The summed E-state index contributed by atoms with van der Waals surface area (Å²) in [5.41, 5.74) is 2.23. The van der Waals surface area contributed by atoms with Gasteiger partial charge in [-0.3, -0.25) is 4.79 Å². The smallest absolute Gasteiger partial charge is 0.258 e. The van der Waals surface area contributed by atoms with Gasteiger partial charge in [0.05, 0.1) is 28.3 Å². The van der Waals surface area contributed by atoms with Gasteiger partial charge in [-0.2, -0.15) is 0 Å². The van der Waals surface area contributed by atoms with Crippen molar-refractivity contribution >= 4 is 21.9 Å². The predicted octanol–water partition coefficient (Wildman–Crippen LogP) is 1.11. The summed E-state index contributed by atoms with van der Waals surface area (Å²) in [7, 11) is 0. The van der Waals surface area contributed by atoms with Gasteiger partial charge in [0.25, 0.3) is 5.56 Å². The number of rotatable bonds is 0. The van der Waals surface area contributed by atoms with E-state index in [1.165, 1.54) is 6.33 Å². The summed E-state index contributed by atoms with van der Waals surface area (Å²) in [5, 5.41) is 0.577. The van der Waals surface area contributed by atoms with E-state index in [-0.39, 0.29) is 5.56 Å². The van der Waals surface area contributed by atoms with Crippen molar-refractivity contribution in [2.45, 2.75) is 6.92 Å². The van der Waals surface area contributed by atoms with Crippen molar-refractivity contribution in [3.05, 3.63) is 34.6 Å². The molecule has 0 bridgehead atoms. The number of aryl methyl sites for hydroxylation is 1. The summed E-state index contributed by atoms with van der Waals surface area (Å²) in [6, 6.07) is 3.58. The third-order valence-electron chi connectivity index (χ3n) is 2.36. The quantitative estimate of drug-likeness (QED) is 0.570. The van der Waals surface area contributed by atoms with Gasteiger partial charge in [-0.05, 0) is 19.1 Å². The molecule has 0 saturated carbocycles. The van der Waals surface area contributed by atoms with Crippen LogP contribution in [0.2, 0.25) is 0 Å². The van der Waals surface area contributed by atoms with Crippen molar-refractivity contribution in [2.24, 2.45) is 0 Å². The summed E-state index contributed by atoms with van der Waals surface area (Å²) in [5.74, 6) is 0.830. The maximum atomic E-state index is 11.5. The fourth-order valence-electron chi connectivity index (χ4n) is 1.70. The number of fused-ring (bicyclic) bond motifs is 2. The third kappa shape index (κ3) is 1.13. The van der Waals surface area contributed by atoms with Crippen LogP contribution in [-0.2, 0) is 0 Å². The van der Waals surface area contributed by atoms with Crippen LogP contribution in [0.15, 0.2) is 23.3 Å². The van der Waals surface area contributed by atoms with E-state index in [9.17, 15) is 4.79 Å². The summed E-state index contributed by atoms with van der Waals surface area (Å²) >= 11 is 0. The minimum absolute atomic E-state index is 0.130. The lowest BCUT2D eigenvalue weighted by molar-refractivity contribution is 1.17. The molecule has 15 heavy (non-hydrogen) atoms. The predicted molar refractivity (Wildman–Crippen MR) is 56.8 cm³/mol. The first-order valence-electron chi connectivity index (χ1n) is 4.58. The van der Waals surface area contributed by atoms with Gasteiger partial charge in [0.15, 0.2) is 0 Å². The number of nitrogens with zero attached hydrogens (tertiary/aromatic N) is 2. The second kappa shape index (κ2) is 2.66. The number of benzene rings is 1. The molecule has 0 unspecified atom stereocenters. The standard InChI is InChI=1S/C10H8N4O/c1-5-13-8-2-6-7(3-9(8)14-5)11-4-12-10(6)15/h2-4H,1H3,(H,13,14)(H,11,12,15). The molecular formula is C10H8N4O. The van der Waals surface area contributed by atoms with Crippen LogP contribution in [0.25, 0.3) is 21.9 Å². The minimum atomic E-state index is -0.130. The lowest BCUT2D eigenvalue weighted by atomic mass is 10.2. The van der Waals surface area contributed by atoms with Crippen LogP contribution >= 0.6 is 0 Å². The molecule has 0 fully saturated rings. The molecule has 0 aliphatic heterocycles. The Bertz CT molecular complexity index is 710. The van der Waals surface area contributed by atoms with E-state index in [4.69, 9.17) is 0 Å². The number of imidazole rings is 1. The largest absolute Gasteiger partial charge is 0.342 e. The van der Waals surface area contributed by atoms with Crippen molar-refractivity contribution in [3.8, 4) is 0 Å². The second-order valence-corrected chi connectivity index (χ2v) is 3.44. The first-order valence-corrected chi connectivity index (χ1v) is 4.58. The third-order valence-corrected chi connectivity index (χ3v) is 2.36. The van der Waals surface area contributed by atoms with E-state index in [1.807, 2.05) is 13.0 Å². The maximum Gasteiger partial charge on any atom is 0.258 e. The van der Waals surface area contributed by atoms with Crippen LogP contribution in [0, 0.1) is 6.92 Å². The van der Waals surface area contributed by atoms with E-state index >= 15 is 0 Å². The molecule has 74 valence electrons. The SMILES string of the molecule is Cc1nc2cc3nc[nH]c(=O)c3cc2[nH]1. The Morgan fingerprint density at radius 3 is 3.00 bits per heavy atom. The molecule has 3 rings (SSSR count). The average molecular weight is 200 g/mol. The van der Waals surface area contributed by atoms with Gasteiger partial charge in [-0.25, -0.2) is 9.97 Å². The van der Waals surface area contributed by atoms with Crippen LogP contribution in [0.3, 0.4) is 0 Å². The van der Waals surface area contributed by atoms with E-state index < -0.39 is 0 Å². The molecule has 3 aromatic rings. The van der Waals surface area contributed by atoms with Gasteiger partial charge in [0.1, 0.15) is 5.82 Å². The Morgan fingerprint density at radius 2 is 2.13 bits per heavy atom. The fraction of sp³-hybridized carbons (Fsp3) is 0.100. The zero-order chi connectivity index (χ0) is 10.4. The first-order chi connectivity index (χ1) is 7.24. The molecule has 0 atom stereocenters. The molecule has 0 aliphatic carbocycles. The zero-order valence-corrected chi connectivity index (χ0v) is 8.03. The monoisotopic (exact) mass is 200 g/mol. The molecule has 5 nitrogen and oxygen atoms in total. The number of hydrogen-bond donors (Lipinski definition) is 2. The summed E-state index contributed by atoms with van der Waals surface area (Å²) < 4.78 is 0. The first kappa shape index (κ1) is 8.16. The van der Waals surface area contributed by atoms with Crippen molar-refractivity contribution < 1.29 is 0 Å². The summed E-state index contributed by atoms with van der Waals surface area (Å²) in [6.07, 6.45) is 1.40. The Balaban J connectivity index is 2.58. The van der Waals surface area contributed by atoms with Gasteiger partial charge in [-0.15, -0.1) is 0 Å². The molecule has 0 saturated heterocycles. The molecule has 0 spiro atoms. The van der Waals surface area contributed by atoms with Gasteiger partial charge in [0.2, 0.25) is 0 Å². The fourth-order valence-corrected chi connectivity index (χ4v) is 1.70. The minimum Gasteiger partial charge on any atom is -0.342 e. The van der Waals surface area contributed by atoms with Gasteiger partial charge >= 0.3 is 0 Å². The Morgan fingerprint density at radius 1 is 1.27 bits per heavy atom. The summed E-state index contributed by atoms with van der Waals surface area (Å²) in [6.45, 7) is 1.88. The Hall–Kier alpha value is -2.17. The maximum absolute atomic E-state index is 11.5. The van der Waals surface area contributed by atoms with Crippen molar-refractivity contribution in [1.82, 2.24) is 19.9 Å². The topological polar surface area (TPSA) is 74.4 Å². The lowest BCUT2D eigenvalue weighted by Gasteiger charge is -1.94. The van der Waals surface area contributed by atoms with Crippen LogP contribution < -0.4 is 5.56 Å². The number of aromatic nitrogens is 4. The zero-order valence-electron chi connectivity index (χ0n) is 8.03. The molecule has 2 aromatic heterocycles. The molecule has 0 radical (unpaired) electrons. The molecule has 2 N–H and O–H groups in total. The highest BCUT2D eigenvalue weighted by atomic mass is 16.1. The molecule has 0 amide bonds. The average Bonchev–Trinajstić information content (AvgIpc) is 2.55. The molecular weight excluding hydrogens is 192 g/mol. The van der Waals surface area contributed by atoms with Crippen molar-refractivity contribution in [3.63, 3.8) is 0 Å². The highest BCUT2D eigenvalue weighted by molar-refractivity contribution is 5.92. The molecule has 1 aromatic carbocycles. The van der Waals surface area contributed by atoms with Gasteiger partial charge in [0, 0.05) is 0 Å². The number of nitrogens with one attached hydrogen (secondary N) is 2. The van der Waals surface area contributed by atoms with Crippen molar-refractivity contribution in [1.29, 1.82) is 0 Å². The molecule has 5 heteroatoms. The lowest BCUT2D eigenvalue weighted by Crippen LogP contribution is -2.05. The van der Waals surface area contributed by atoms with Gasteiger partial charge < -0.3 is 9.97 Å². The number of H-pyrrole nitrogens is 2. The van der Waals surface area contributed by atoms with E-state index in [2.05, 4.69) is 19.9 Å². The van der Waals surface area contributed by atoms with E-state index in [0.717, 1.165) is 16.9 Å². The van der Waals surface area contributed by atoms with Crippen LogP contribution in [0.4, 0.5) is 0 Å². The number of hydrogen-bond acceptors (Lipinski definition) is 3. The van der Waals surface area contributed by atoms with E-state index in [0.29, 0.717) is 10.9 Å². The van der Waals surface area contributed by atoms with Crippen LogP contribution in [0.5, 0.6) is 0 Å². The van der Waals surface area contributed by atoms with E-state index in [1.54, 1.807) is 6.07 Å². The van der Waals surface area contributed by atoms with Crippen LogP contribution in [0.1, 0.15) is 5.82 Å². The van der Waals surface area contributed by atoms with Crippen molar-refractivity contribution in [2.75, 3.05) is 0 Å². The Labute approximate surface area is 84.2 Å². The van der Waals surface area contributed by atoms with Gasteiger partial charge in [-0.1, -0.05) is 0 Å². The number of aromatic amines is 2. The Kier molecular flexibility index (Phi) is 1.45. The molecule has 2 heterocycles. The second-order valence-electron chi connectivity index (χ2n) is 3.44. The van der Waals surface area contributed by atoms with Crippen LogP contribution in [-0.4, -0.2) is 19.9 Å². The summed E-state index contributed by atoms with van der Waals surface area (Å²) in [4.78, 5) is 25.5. The highest BCUT2D eigenvalue weighted by Gasteiger charge is 2.04. The highest BCUT2D eigenvalue weighted by Crippen LogP contribution is 2.16. The normalized spacial score (nSPS) is 11.3.